The Balaban J connectivity index is 1.35. The van der Waals surface area contributed by atoms with Crippen LogP contribution in [-0.4, -0.2) is 54.9 Å². The molecule has 25 heavy (non-hydrogen) atoms. The Bertz CT molecular complexity index is 731. The number of aryl methyl sites for hydroxylation is 2. The van der Waals surface area contributed by atoms with Gasteiger partial charge in [0.15, 0.2) is 0 Å². The summed E-state index contributed by atoms with van der Waals surface area (Å²) in [5, 5.41) is 17.7. The minimum absolute atomic E-state index is 0.0308. The van der Waals surface area contributed by atoms with E-state index in [1.807, 2.05) is 17.2 Å². The first kappa shape index (κ1) is 16.7. The Hall–Kier alpha value is -1.80. The molecule has 2 aromatic heterocycles. The Morgan fingerprint density at radius 3 is 2.84 bits per heavy atom. The average molecular weight is 361 g/mol. The second-order valence-corrected chi connectivity index (χ2v) is 8.22. The highest BCUT2D eigenvalue weighted by Crippen LogP contribution is 2.41. The van der Waals surface area contributed by atoms with Gasteiger partial charge < -0.3 is 10.0 Å². The van der Waals surface area contributed by atoms with Crippen LogP contribution < -0.4 is 0 Å². The summed E-state index contributed by atoms with van der Waals surface area (Å²) in [4.78, 5) is 23.0. The molecular weight excluding hydrogens is 338 g/mol. The summed E-state index contributed by atoms with van der Waals surface area (Å²) in [5.41, 5.74) is 1.01. The minimum Gasteiger partial charge on any atom is -0.391 e. The molecule has 0 aromatic carbocycles. The van der Waals surface area contributed by atoms with Crippen LogP contribution >= 0.6 is 11.3 Å². The standard InChI is InChI=1S/C17H23N5O2S/c1-11-20-14(8-25-11)2-3-17(24)21-6-12-4-15(22-10-18-9-19-22)16(23)5-13(12)7-21/h8-10,12-13,15-16,23H,2-7H2,1H3/t12-,13+,15-,16-/m1/s1. The minimum atomic E-state index is -0.420. The lowest BCUT2D eigenvalue weighted by Crippen LogP contribution is -2.36. The van der Waals surface area contributed by atoms with Crippen LogP contribution in [0.1, 0.15) is 36.0 Å². The molecule has 4 atom stereocenters. The number of amides is 1. The van der Waals surface area contributed by atoms with Gasteiger partial charge in [0.25, 0.3) is 0 Å². The molecular formula is C17H23N5O2S. The number of hydrogen-bond donors (Lipinski definition) is 1. The maximum Gasteiger partial charge on any atom is 0.222 e. The predicted octanol–water partition coefficient (Wildman–Crippen LogP) is 1.45. The van der Waals surface area contributed by atoms with Crippen molar-refractivity contribution in [2.45, 2.75) is 44.8 Å². The van der Waals surface area contributed by atoms with Crippen LogP contribution in [0.2, 0.25) is 0 Å². The van der Waals surface area contributed by atoms with Crippen molar-refractivity contribution >= 4 is 17.2 Å². The molecule has 0 radical (unpaired) electrons. The molecule has 2 aliphatic rings. The normalized spacial score (nSPS) is 29.0. The van der Waals surface area contributed by atoms with E-state index in [-0.39, 0.29) is 11.9 Å². The van der Waals surface area contributed by atoms with Crippen LogP contribution in [0.15, 0.2) is 18.0 Å². The lowest BCUT2D eigenvalue weighted by molar-refractivity contribution is -0.130. The van der Waals surface area contributed by atoms with Gasteiger partial charge in [0.05, 0.1) is 22.8 Å². The van der Waals surface area contributed by atoms with Crippen molar-refractivity contribution in [3.8, 4) is 0 Å². The van der Waals surface area contributed by atoms with Crippen LogP contribution in [0.5, 0.6) is 0 Å². The van der Waals surface area contributed by atoms with Gasteiger partial charge in [-0.3, -0.25) is 4.79 Å². The maximum atomic E-state index is 12.6. The molecule has 0 unspecified atom stereocenters. The monoisotopic (exact) mass is 361 g/mol. The molecule has 2 fully saturated rings. The summed E-state index contributed by atoms with van der Waals surface area (Å²) in [6.07, 6.45) is 5.55. The molecule has 1 aliphatic heterocycles. The Morgan fingerprint density at radius 2 is 2.16 bits per heavy atom. The number of rotatable bonds is 4. The fourth-order valence-electron chi connectivity index (χ4n) is 4.20. The van der Waals surface area contributed by atoms with Crippen molar-refractivity contribution in [2.24, 2.45) is 11.8 Å². The highest BCUT2D eigenvalue weighted by molar-refractivity contribution is 7.09. The van der Waals surface area contributed by atoms with E-state index in [4.69, 9.17) is 0 Å². The van der Waals surface area contributed by atoms with Crippen LogP contribution in [0.3, 0.4) is 0 Å². The second-order valence-electron chi connectivity index (χ2n) is 7.16. The van der Waals surface area contributed by atoms with E-state index < -0.39 is 6.10 Å². The van der Waals surface area contributed by atoms with Crippen LogP contribution in [-0.2, 0) is 11.2 Å². The van der Waals surface area contributed by atoms with Gasteiger partial charge in [-0.1, -0.05) is 0 Å². The number of aromatic nitrogens is 4. The van der Waals surface area contributed by atoms with Gasteiger partial charge in [-0.2, -0.15) is 5.10 Å². The van der Waals surface area contributed by atoms with Crippen LogP contribution in [0.4, 0.5) is 0 Å². The molecule has 1 amide bonds. The zero-order valence-corrected chi connectivity index (χ0v) is 15.1. The molecule has 1 aliphatic carbocycles. The van der Waals surface area contributed by atoms with Gasteiger partial charge in [0.1, 0.15) is 12.7 Å². The lowest BCUT2D eigenvalue weighted by atomic mass is 9.77. The SMILES string of the molecule is Cc1nc(CCC(=O)N2C[C@H]3C[C@@H](n4cncn4)[C@H](O)C[C@H]3C2)cs1. The van der Waals surface area contributed by atoms with Crippen LogP contribution in [0.25, 0.3) is 0 Å². The second kappa shape index (κ2) is 6.84. The van der Waals surface area contributed by atoms with E-state index in [0.717, 1.165) is 36.6 Å². The first-order valence-electron chi connectivity index (χ1n) is 8.81. The number of aliphatic hydroxyl groups is 1. The number of likely N-dealkylation sites (tertiary alicyclic amines) is 1. The van der Waals surface area contributed by atoms with Crippen molar-refractivity contribution < 1.29 is 9.90 Å². The summed E-state index contributed by atoms with van der Waals surface area (Å²) in [6.45, 7) is 3.54. The lowest BCUT2D eigenvalue weighted by Gasteiger charge is -2.34. The molecule has 0 bridgehead atoms. The third-order valence-corrected chi connectivity index (χ3v) is 6.32. The van der Waals surface area contributed by atoms with E-state index in [1.165, 1.54) is 6.33 Å². The quantitative estimate of drug-likeness (QED) is 0.891. The van der Waals surface area contributed by atoms with E-state index in [0.29, 0.717) is 24.7 Å². The third kappa shape index (κ3) is 3.46. The van der Waals surface area contributed by atoms with E-state index >= 15 is 0 Å². The summed E-state index contributed by atoms with van der Waals surface area (Å²) < 4.78 is 1.76. The number of aliphatic hydroxyl groups excluding tert-OH is 1. The fraction of sp³-hybridized carbons (Fsp3) is 0.647. The van der Waals surface area contributed by atoms with Gasteiger partial charge in [-0.15, -0.1) is 11.3 Å². The molecule has 7 nitrogen and oxygen atoms in total. The van der Waals surface area contributed by atoms with E-state index in [2.05, 4.69) is 15.1 Å². The van der Waals surface area contributed by atoms with Crippen LogP contribution in [0, 0.1) is 18.8 Å². The van der Waals surface area contributed by atoms with Gasteiger partial charge in [-0.25, -0.2) is 14.6 Å². The molecule has 2 aromatic rings. The summed E-state index contributed by atoms with van der Waals surface area (Å²) in [6, 6.07) is -0.0308. The molecule has 1 N–H and O–H groups in total. The largest absolute Gasteiger partial charge is 0.391 e. The smallest absolute Gasteiger partial charge is 0.222 e. The average Bonchev–Trinajstić information content (AvgIpc) is 3.32. The zero-order valence-electron chi connectivity index (χ0n) is 14.3. The number of hydrogen-bond acceptors (Lipinski definition) is 6. The molecule has 1 saturated heterocycles. The van der Waals surface area contributed by atoms with Gasteiger partial charge in [0.2, 0.25) is 5.91 Å². The topological polar surface area (TPSA) is 84.1 Å². The number of nitrogens with zero attached hydrogens (tertiary/aromatic N) is 5. The van der Waals surface area contributed by atoms with E-state index in [1.54, 1.807) is 22.3 Å². The van der Waals surface area contributed by atoms with Crippen molar-refractivity contribution in [3.05, 3.63) is 28.7 Å². The Morgan fingerprint density at radius 1 is 1.36 bits per heavy atom. The fourth-order valence-corrected chi connectivity index (χ4v) is 4.85. The number of fused-ring (bicyclic) bond motifs is 1. The molecule has 8 heteroatoms. The summed E-state index contributed by atoms with van der Waals surface area (Å²) >= 11 is 1.63. The number of carbonyl (C=O) groups excluding carboxylic acids is 1. The molecule has 4 rings (SSSR count). The first-order chi connectivity index (χ1) is 12.1. The number of carbonyl (C=O) groups is 1. The molecule has 134 valence electrons. The van der Waals surface area contributed by atoms with Gasteiger partial charge >= 0.3 is 0 Å². The zero-order chi connectivity index (χ0) is 17.4. The Kier molecular flexibility index (Phi) is 4.56. The van der Waals surface area contributed by atoms with Crippen molar-refractivity contribution in [1.29, 1.82) is 0 Å². The molecule has 1 saturated carbocycles. The number of thiazole rings is 1. The molecule has 3 heterocycles. The Labute approximate surface area is 150 Å². The van der Waals surface area contributed by atoms with Crippen molar-refractivity contribution in [3.63, 3.8) is 0 Å². The highest BCUT2D eigenvalue weighted by atomic mass is 32.1. The van der Waals surface area contributed by atoms with E-state index in [9.17, 15) is 9.90 Å². The van der Waals surface area contributed by atoms with Crippen molar-refractivity contribution in [2.75, 3.05) is 13.1 Å². The molecule has 0 spiro atoms. The third-order valence-electron chi connectivity index (χ3n) is 5.50. The summed E-state index contributed by atoms with van der Waals surface area (Å²) in [5.74, 6) is 1.02. The van der Waals surface area contributed by atoms with Gasteiger partial charge in [-0.05, 0) is 38.0 Å². The first-order valence-corrected chi connectivity index (χ1v) is 9.69. The maximum absolute atomic E-state index is 12.6. The summed E-state index contributed by atoms with van der Waals surface area (Å²) in [7, 11) is 0. The van der Waals surface area contributed by atoms with Crippen molar-refractivity contribution in [1.82, 2.24) is 24.6 Å². The predicted molar refractivity (Wildman–Crippen MR) is 93.0 cm³/mol. The van der Waals surface area contributed by atoms with Gasteiger partial charge in [0, 0.05) is 24.9 Å². The highest BCUT2D eigenvalue weighted by Gasteiger charge is 2.43.